The molecule has 0 radical (unpaired) electrons. The Morgan fingerprint density at radius 2 is 1.85 bits per heavy atom. The number of benzene rings is 3. The lowest BCUT2D eigenvalue weighted by Crippen LogP contribution is -2.36. The minimum absolute atomic E-state index is 0.0182. The molecule has 0 bridgehead atoms. The molecule has 210 valence electrons. The number of amides is 1. The van der Waals surface area contributed by atoms with Crippen LogP contribution >= 0.6 is 0 Å². The number of halogens is 2. The van der Waals surface area contributed by atoms with Gasteiger partial charge in [0.25, 0.3) is 5.91 Å². The van der Waals surface area contributed by atoms with Crippen LogP contribution in [0.4, 0.5) is 8.78 Å². The molecule has 2 heterocycles. The van der Waals surface area contributed by atoms with E-state index in [4.69, 9.17) is 14.2 Å². The number of aromatic amines is 1. The Hall–Kier alpha value is -4.18. The van der Waals surface area contributed by atoms with Crippen molar-refractivity contribution in [3.05, 3.63) is 83.1 Å². The van der Waals surface area contributed by atoms with E-state index >= 15 is 0 Å². The van der Waals surface area contributed by atoms with Gasteiger partial charge in [0.2, 0.25) is 0 Å². The Bertz CT molecular complexity index is 1470. The monoisotopic (exact) mass is 550 g/mol. The number of hydrogen-bond donors (Lipinski definition) is 3. The number of methoxy groups -OCH3 is 2. The molecule has 3 aromatic carbocycles. The second-order valence-corrected chi connectivity index (χ2v) is 9.80. The fourth-order valence-corrected chi connectivity index (χ4v) is 5.35. The molecule has 1 fully saturated rings. The summed E-state index contributed by atoms with van der Waals surface area (Å²) in [7, 11) is 3.08. The lowest BCUT2D eigenvalue weighted by molar-refractivity contribution is 0.0946. The summed E-state index contributed by atoms with van der Waals surface area (Å²) in [5.74, 6) is 0.00709. The van der Waals surface area contributed by atoms with Gasteiger partial charge in [0.1, 0.15) is 17.3 Å². The van der Waals surface area contributed by atoms with E-state index in [0.717, 1.165) is 30.5 Å². The summed E-state index contributed by atoms with van der Waals surface area (Å²) in [6.07, 6.45) is 3.11. The fourth-order valence-electron chi connectivity index (χ4n) is 5.35. The SMILES string of the molecule is COc1cccc(OC)c1CNC(=O)c1cc([C@@H]2CCNC[C@H]2CCOc2cc3cn[nH]c3cc2F)ccc1F. The van der Waals surface area contributed by atoms with E-state index in [1.54, 1.807) is 42.6 Å². The van der Waals surface area contributed by atoms with Crippen molar-refractivity contribution in [3.8, 4) is 17.2 Å². The van der Waals surface area contributed by atoms with Crippen molar-refractivity contribution in [1.29, 1.82) is 0 Å². The van der Waals surface area contributed by atoms with Crippen LogP contribution < -0.4 is 24.8 Å². The van der Waals surface area contributed by atoms with E-state index < -0.39 is 17.5 Å². The van der Waals surface area contributed by atoms with Crippen molar-refractivity contribution < 1.29 is 27.8 Å². The minimum atomic E-state index is -0.591. The Labute approximate surface area is 231 Å². The second-order valence-electron chi connectivity index (χ2n) is 9.80. The Kier molecular flexibility index (Phi) is 8.45. The number of hydrogen-bond acceptors (Lipinski definition) is 6. The van der Waals surface area contributed by atoms with Crippen LogP contribution in [-0.2, 0) is 6.54 Å². The van der Waals surface area contributed by atoms with Gasteiger partial charge in [-0.05, 0) is 73.7 Å². The van der Waals surface area contributed by atoms with E-state index in [1.165, 1.54) is 26.4 Å². The fraction of sp³-hybridized carbons (Fsp3) is 0.333. The number of nitrogens with zero attached hydrogens (tertiary/aromatic N) is 1. The van der Waals surface area contributed by atoms with Gasteiger partial charge in [0, 0.05) is 11.5 Å². The molecule has 0 unspecified atom stereocenters. The van der Waals surface area contributed by atoms with Crippen LogP contribution in [0.1, 0.15) is 40.2 Å². The molecule has 5 rings (SSSR count). The van der Waals surface area contributed by atoms with Crippen LogP contribution in [0.3, 0.4) is 0 Å². The smallest absolute Gasteiger partial charge is 0.254 e. The van der Waals surface area contributed by atoms with Gasteiger partial charge in [-0.3, -0.25) is 9.89 Å². The van der Waals surface area contributed by atoms with Crippen LogP contribution in [0.25, 0.3) is 10.9 Å². The summed E-state index contributed by atoms with van der Waals surface area (Å²) in [6, 6.07) is 13.1. The van der Waals surface area contributed by atoms with E-state index in [2.05, 4.69) is 20.8 Å². The first-order chi connectivity index (χ1) is 19.5. The van der Waals surface area contributed by atoms with Crippen molar-refractivity contribution in [2.45, 2.75) is 25.3 Å². The predicted molar refractivity (Wildman–Crippen MR) is 147 cm³/mol. The molecular weight excluding hydrogens is 518 g/mol. The van der Waals surface area contributed by atoms with E-state index in [0.29, 0.717) is 35.6 Å². The largest absolute Gasteiger partial charge is 0.496 e. The van der Waals surface area contributed by atoms with Crippen molar-refractivity contribution in [1.82, 2.24) is 20.8 Å². The highest BCUT2D eigenvalue weighted by molar-refractivity contribution is 5.94. The predicted octanol–water partition coefficient (Wildman–Crippen LogP) is 4.95. The Morgan fingerprint density at radius 1 is 1.05 bits per heavy atom. The van der Waals surface area contributed by atoms with E-state index in [-0.39, 0.29) is 29.7 Å². The molecule has 1 amide bonds. The maximum Gasteiger partial charge on any atom is 0.254 e. The molecule has 1 aromatic heterocycles. The zero-order valence-electron chi connectivity index (χ0n) is 22.4. The standard InChI is InChI=1S/C30H32F2N4O4/c1-38-27-4-3-5-28(39-2)23(27)17-34-30(37)22-12-18(6-7-24(22)31)21-8-10-33-15-19(21)9-11-40-29-13-20-16-35-36-26(20)14-25(29)32/h3-7,12-14,16,19,21,33H,8-11,15,17H2,1-2H3,(H,34,37)(H,35,36)/t19-,21+/m1/s1. The van der Waals surface area contributed by atoms with E-state index in [1.807, 2.05) is 0 Å². The molecular formula is C30H32F2N4O4. The lowest BCUT2D eigenvalue weighted by atomic mass is 9.79. The molecule has 0 saturated carbocycles. The normalized spacial score (nSPS) is 17.0. The van der Waals surface area contributed by atoms with Gasteiger partial charge in [0.15, 0.2) is 11.6 Å². The summed E-state index contributed by atoms with van der Waals surface area (Å²) in [4.78, 5) is 13.1. The van der Waals surface area contributed by atoms with Gasteiger partial charge in [0.05, 0.1) is 50.2 Å². The van der Waals surface area contributed by atoms with Crippen LogP contribution in [0.2, 0.25) is 0 Å². The first-order valence-electron chi connectivity index (χ1n) is 13.2. The minimum Gasteiger partial charge on any atom is -0.496 e. The third-order valence-electron chi connectivity index (χ3n) is 7.47. The summed E-state index contributed by atoms with van der Waals surface area (Å²) in [5, 5.41) is 13.6. The van der Waals surface area contributed by atoms with Gasteiger partial charge in [-0.1, -0.05) is 12.1 Å². The zero-order valence-corrected chi connectivity index (χ0v) is 22.4. The number of rotatable bonds is 10. The molecule has 40 heavy (non-hydrogen) atoms. The first kappa shape index (κ1) is 27.4. The van der Waals surface area contributed by atoms with Gasteiger partial charge in [-0.2, -0.15) is 5.10 Å². The van der Waals surface area contributed by atoms with Gasteiger partial charge < -0.3 is 24.8 Å². The average Bonchev–Trinajstić information content (AvgIpc) is 3.43. The molecule has 1 aliphatic rings. The Morgan fingerprint density at radius 3 is 2.62 bits per heavy atom. The zero-order chi connectivity index (χ0) is 28.1. The van der Waals surface area contributed by atoms with Crippen molar-refractivity contribution >= 4 is 16.8 Å². The third kappa shape index (κ3) is 5.86. The number of nitrogens with one attached hydrogen (secondary N) is 3. The average molecular weight is 551 g/mol. The van der Waals surface area contributed by atoms with Gasteiger partial charge >= 0.3 is 0 Å². The topological polar surface area (TPSA) is 97.5 Å². The van der Waals surface area contributed by atoms with E-state index in [9.17, 15) is 13.6 Å². The summed E-state index contributed by atoms with van der Waals surface area (Å²) in [6.45, 7) is 1.98. The number of carbonyl (C=O) groups is 1. The summed E-state index contributed by atoms with van der Waals surface area (Å²) < 4.78 is 45.9. The molecule has 3 N–H and O–H groups in total. The number of fused-ring (bicyclic) bond motifs is 1. The van der Waals surface area contributed by atoms with Crippen LogP contribution in [0.15, 0.2) is 54.7 Å². The number of aromatic nitrogens is 2. The lowest BCUT2D eigenvalue weighted by Gasteiger charge is -2.33. The quantitative estimate of drug-likeness (QED) is 0.259. The van der Waals surface area contributed by atoms with Crippen molar-refractivity contribution in [2.75, 3.05) is 33.9 Å². The van der Waals surface area contributed by atoms with Crippen LogP contribution in [0.5, 0.6) is 17.2 Å². The van der Waals surface area contributed by atoms with Gasteiger partial charge in [-0.25, -0.2) is 8.78 Å². The molecule has 10 heteroatoms. The molecule has 4 aromatic rings. The third-order valence-corrected chi connectivity index (χ3v) is 7.47. The molecule has 0 aliphatic carbocycles. The number of carbonyl (C=O) groups excluding carboxylic acids is 1. The molecule has 1 aliphatic heterocycles. The van der Waals surface area contributed by atoms with Crippen LogP contribution in [0, 0.1) is 17.6 Å². The number of piperidine rings is 1. The first-order valence-corrected chi connectivity index (χ1v) is 13.2. The molecule has 0 spiro atoms. The van der Waals surface area contributed by atoms with Crippen molar-refractivity contribution in [2.24, 2.45) is 5.92 Å². The highest BCUT2D eigenvalue weighted by Crippen LogP contribution is 2.34. The maximum atomic E-state index is 14.8. The van der Waals surface area contributed by atoms with Crippen LogP contribution in [-0.4, -0.2) is 50.0 Å². The highest BCUT2D eigenvalue weighted by Gasteiger charge is 2.28. The number of ether oxygens (including phenoxy) is 3. The van der Waals surface area contributed by atoms with Crippen molar-refractivity contribution in [3.63, 3.8) is 0 Å². The number of H-pyrrole nitrogens is 1. The maximum absolute atomic E-state index is 14.8. The summed E-state index contributed by atoms with van der Waals surface area (Å²) in [5.41, 5.74) is 2.15. The Balaban J connectivity index is 1.27. The highest BCUT2D eigenvalue weighted by atomic mass is 19.1. The molecule has 2 atom stereocenters. The summed E-state index contributed by atoms with van der Waals surface area (Å²) >= 11 is 0. The molecule has 8 nitrogen and oxygen atoms in total. The second kappa shape index (κ2) is 12.3. The van der Waals surface area contributed by atoms with Gasteiger partial charge in [-0.15, -0.1) is 0 Å². The molecule has 1 saturated heterocycles.